The van der Waals surface area contributed by atoms with Crippen LogP contribution in [-0.4, -0.2) is 24.8 Å². The van der Waals surface area contributed by atoms with Crippen LogP contribution in [0, 0.1) is 0 Å². The first-order valence-corrected chi connectivity index (χ1v) is 4.24. The van der Waals surface area contributed by atoms with E-state index in [1.165, 1.54) is 0 Å². The van der Waals surface area contributed by atoms with E-state index in [-0.39, 0.29) is 18.2 Å². The summed E-state index contributed by atoms with van der Waals surface area (Å²) in [7, 11) is 0. The van der Waals surface area contributed by atoms with Gasteiger partial charge in [0.05, 0.1) is 6.61 Å². The average molecular weight is 182 g/mol. The van der Waals surface area contributed by atoms with Crippen LogP contribution in [0.15, 0.2) is 24.8 Å². The second-order valence-corrected chi connectivity index (χ2v) is 3.12. The maximum atomic E-state index is 11.1. The van der Waals surface area contributed by atoms with Crippen molar-refractivity contribution >= 4 is 5.97 Å². The minimum atomic E-state index is -0.359. The molecule has 13 heavy (non-hydrogen) atoms. The summed E-state index contributed by atoms with van der Waals surface area (Å²) in [6.45, 7) is 9.39. The van der Waals surface area contributed by atoms with Crippen LogP contribution in [-0.2, 0) is 14.3 Å². The molecular weight excluding hydrogens is 168 g/mol. The topological polar surface area (TPSA) is 38.8 Å². The van der Waals surface area contributed by atoms with Gasteiger partial charge in [-0.15, -0.1) is 6.58 Å². The number of carbonyl (C=O) groups excluding carboxylic acids is 1. The Morgan fingerprint density at radius 1 is 1.85 bits per heavy atom. The van der Waals surface area contributed by atoms with Gasteiger partial charge in [0, 0.05) is 12.0 Å². The number of ether oxygens (including phenoxy) is 2. The minimum absolute atomic E-state index is 0.0568. The van der Waals surface area contributed by atoms with Crippen molar-refractivity contribution in [3.05, 3.63) is 24.8 Å². The summed E-state index contributed by atoms with van der Waals surface area (Å²) in [5.74, 6) is -0.359. The lowest BCUT2D eigenvalue weighted by Crippen LogP contribution is -2.23. The van der Waals surface area contributed by atoms with Crippen LogP contribution >= 0.6 is 0 Å². The Hall–Kier alpha value is -1.09. The molecule has 1 heterocycles. The standard InChI is InChI=1S/C10H14O3/c1-4-5-8(9-6-12-9)13-10(11)7(2)3/h4,8-9H,1-2,5-6H2,3H3. The first kappa shape index (κ1) is 9.99. The second kappa shape index (κ2) is 4.23. The first-order valence-electron chi connectivity index (χ1n) is 4.24. The zero-order valence-electron chi connectivity index (χ0n) is 7.79. The Balaban J connectivity index is 2.41. The molecule has 0 bridgehead atoms. The highest BCUT2D eigenvalue weighted by Gasteiger charge is 2.34. The van der Waals surface area contributed by atoms with Crippen molar-refractivity contribution in [2.75, 3.05) is 6.61 Å². The summed E-state index contributed by atoms with van der Waals surface area (Å²) in [6, 6.07) is 0. The number of rotatable bonds is 5. The van der Waals surface area contributed by atoms with E-state index in [9.17, 15) is 4.79 Å². The lowest BCUT2D eigenvalue weighted by Gasteiger charge is -2.13. The summed E-state index contributed by atoms with van der Waals surface area (Å²) in [4.78, 5) is 11.1. The molecule has 0 aromatic carbocycles. The summed E-state index contributed by atoms with van der Waals surface area (Å²) in [5.41, 5.74) is 0.412. The molecule has 2 unspecified atom stereocenters. The van der Waals surface area contributed by atoms with Gasteiger partial charge in [-0.2, -0.15) is 0 Å². The van der Waals surface area contributed by atoms with Crippen LogP contribution in [0.5, 0.6) is 0 Å². The highest BCUT2D eigenvalue weighted by Crippen LogP contribution is 2.20. The molecule has 3 heteroatoms. The molecule has 0 aromatic heterocycles. The smallest absolute Gasteiger partial charge is 0.333 e. The van der Waals surface area contributed by atoms with Crippen LogP contribution in [0.2, 0.25) is 0 Å². The van der Waals surface area contributed by atoms with Crippen molar-refractivity contribution < 1.29 is 14.3 Å². The molecule has 1 rings (SSSR count). The fourth-order valence-electron chi connectivity index (χ4n) is 0.948. The van der Waals surface area contributed by atoms with E-state index < -0.39 is 0 Å². The van der Waals surface area contributed by atoms with Crippen molar-refractivity contribution in [1.82, 2.24) is 0 Å². The van der Waals surface area contributed by atoms with E-state index in [0.717, 1.165) is 0 Å². The van der Waals surface area contributed by atoms with Gasteiger partial charge < -0.3 is 9.47 Å². The molecule has 0 amide bonds. The molecule has 2 atom stereocenters. The summed E-state index contributed by atoms with van der Waals surface area (Å²) >= 11 is 0. The summed E-state index contributed by atoms with van der Waals surface area (Å²) in [5, 5.41) is 0. The van der Waals surface area contributed by atoms with Crippen LogP contribution < -0.4 is 0 Å². The van der Waals surface area contributed by atoms with Crippen molar-refractivity contribution in [3.63, 3.8) is 0 Å². The van der Waals surface area contributed by atoms with Gasteiger partial charge in [0.15, 0.2) is 0 Å². The molecule has 0 N–H and O–H groups in total. The van der Waals surface area contributed by atoms with E-state index in [1.54, 1.807) is 13.0 Å². The van der Waals surface area contributed by atoms with Crippen LogP contribution in [0.1, 0.15) is 13.3 Å². The first-order chi connectivity index (χ1) is 6.15. The van der Waals surface area contributed by atoms with Crippen LogP contribution in [0.3, 0.4) is 0 Å². The number of carbonyl (C=O) groups is 1. The second-order valence-electron chi connectivity index (χ2n) is 3.12. The zero-order chi connectivity index (χ0) is 9.84. The van der Waals surface area contributed by atoms with Crippen molar-refractivity contribution in [2.45, 2.75) is 25.6 Å². The highest BCUT2D eigenvalue weighted by atomic mass is 16.6. The third kappa shape index (κ3) is 3.03. The minimum Gasteiger partial charge on any atom is -0.456 e. The number of esters is 1. The zero-order valence-corrected chi connectivity index (χ0v) is 7.79. The predicted octanol–water partition coefficient (Wildman–Crippen LogP) is 1.45. The van der Waals surface area contributed by atoms with Gasteiger partial charge in [0.1, 0.15) is 12.2 Å². The third-order valence-electron chi connectivity index (χ3n) is 1.78. The third-order valence-corrected chi connectivity index (χ3v) is 1.78. The monoisotopic (exact) mass is 182 g/mol. The lowest BCUT2D eigenvalue weighted by atomic mass is 10.2. The molecule has 0 aromatic rings. The van der Waals surface area contributed by atoms with Gasteiger partial charge in [0.2, 0.25) is 0 Å². The normalized spacial score (nSPS) is 21.8. The van der Waals surface area contributed by atoms with Crippen LogP contribution in [0.25, 0.3) is 0 Å². The number of hydrogen-bond acceptors (Lipinski definition) is 3. The molecule has 1 aliphatic rings. The van der Waals surface area contributed by atoms with Gasteiger partial charge in [-0.3, -0.25) is 0 Å². The van der Waals surface area contributed by atoms with Gasteiger partial charge >= 0.3 is 5.97 Å². The maximum Gasteiger partial charge on any atom is 0.333 e. The highest BCUT2D eigenvalue weighted by molar-refractivity contribution is 5.87. The number of hydrogen-bond donors (Lipinski definition) is 0. The molecule has 0 radical (unpaired) electrons. The Kier molecular flexibility index (Phi) is 3.25. The van der Waals surface area contributed by atoms with Crippen molar-refractivity contribution in [3.8, 4) is 0 Å². The molecule has 1 saturated heterocycles. The Morgan fingerprint density at radius 3 is 2.85 bits per heavy atom. The Morgan fingerprint density at radius 2 is 2.46 bits per heavy atom. The van der Waals surface area contributed by atoms with Crippen molar-refractivity contribution in [2.24, 2.45) is 0 Å². The van der Waals surface area contributed by atoms with E-state index >= 15 is 0 Å². The van der Waals surface area contributed by atoms with E-state index in [4.69, 9.17) is 9.47 Å². The van der Waals surface area contributed by atoms with E-state index in [2.05, 4.69) is 13.2 Å². The average Bonchev–Trinajstić information content (AvgIpc) is 2.85. The van der Waals surface area contributed by atoms with Crippen LogP contribution in [0.4, 0.5) is 0 Å². The van der Waals surface area contributed by atoms with Gasteiger partial charge in [0.25, 0.3) is 0 Å². The fourth-order valence-corrected chi connectivity index (χ4v) is 0.948. The quantitative estimate of drug-likeness (QED) is 0.279. The lowest BCUT2D eigenvalue weighted by molar-refractivity contribution is -0.145. The fraction of sp³-hybridized carbons (Fsp3) is 0.500. The van der Waals surface area contributed by atoms with Gasteiger partial charge in [-0.25, -0.2) is 4.79 Å². The SMILES string of the molecule is C=CCC(OC(=O)C(=C)C)C1CO1. The van der Waals surface area contributed by atoms with E-state index in [0.29, 0.717) is 18.6 Å². The molecule has 0 spiro atoms. The Bertz CT molecular complexity index is 228. The summed E-state index contributed by atoms with van der Waals surface area (Å²) < 4.78 is 10.2. The largest absolute Gasteiger partial charge is 0.456 e. The molecule has 1 fully saturated rings. The Labute approximate surface area is 78.0 Å². The number of epoxide rings is 1. The molecular formula is C10H14O3. The van der Waals surface area contributed by atoms with E-state index in [1.807, 2.05) is 0 Å². The molecule has 1 aliphatic heterocycles. The predicted molar refractivity (Wildman–Crippen MR) is 49.2 cm³/mol. The molecule has 0 saturated carbocycles. The maximum absolute atomic E-state index is 11.1. The molecule has 72 valence electrons. The van der Waals surface area contributed by atoms with Gasteiger partial charge in [-0.05, 0) is 6.92 Å². The van der Waals surface area contributed by atoms with Gasteiger partial charge in [-0.1, -0.05) is 12.7 Å². The van der Waals surface area contributed by atoms with Crippen molar-refractivity contribution in [1.29, 1.82) is 0 Å². The molecule has 0 aliphatic carbocycles. The molecule has 3 nitrogen and oxygen atoms in total. The summed E-state index contributed by atoms with van der Waals surface area (Å²) in [6.07, 6.45) is 2.21.